The number of likely N-dealkylation sites (N-methyl/N-ethyl adjacent to an activating group) is 1. The summed E-state index contributed by atoms with van der Waals surface area (Å²) < 4.78 is 50.1. The molecule has 0 N–H and O–H groups in total. The van der Waals surface area contributed by atoms with Gasteiger partial charge >= 0.3 is 12.1 Å². The van der Waals surface area contributed by atoms with Crippen molar-refractivity contribution < 1.29 is 32.2 Å². The molecule has 0 fully saturated rings. The lowest BCUT2D eigenvalue weighted by Crippen LogP contribution is -2.45. The molecule has 3 aromatic rings. The lowest BCUT2D eigenvalue weighted by atomic mass is 10.1. The Morgan fingerprint density at radius 2 is 1.75 bits per heavy atom. The van der Waals surface area contributed by atoms with Gasteiger partial charge in [0, 0.05) is 31.5 Å². The molecule has 10 heteroatoms. The fourth-order valence-electron chi connectivity index (χ4n) is 4.54. The van der Waals surface area contributed by atoms with Gasteiger partial charge in [0.05, 0.1) is 23.6 Å². The van der Waals surface area contributed by atoms with Gasteiger partial charge < -0.3 is 19.3 Å². The second-order valence-electron chi connectivity index (χ2n) is 9.55. The number of carbonyl (C=O) groups excluding carboxylic acids is 2. The van der Waals surface area contributed by atoms with Crippen molar-refractivity contribution in [1.29, 1.82) is 0 Å². The van der Waals surface area contributed by atoms with Crippen LogP contribution in [0.3, 0.4) is 0 Å². The van der Waals surface area contributed by atoms with Gasteiger partial charge in [-0.1, -0.05) is 42.5 Å². The van der Waals surface area contributed by atoms with Crippen molar-refractivity contribution in [1.82, 2.24) is 4.90 Å². The number of ether oxygens (including phenoxy) is 2. The van der Waals surface area contributed by atoms with E-state index in [0.717, 1.165) is 22.2 Å². The third kappa shape index (κ3) is 7.17. The fraction of sp³-hybridized carbons (Fsp3) is 0.333. The molecule has 3 aromatic carbocycles. The normalized spacial score (nSPS) is 17.4. The zero-order chi connectivity index (χ0) is 28.9. The van der Waals surface area contributed by atoms with E-state index in [-0.39, 0.29) is 5.91 Å². The van der Waals surface area contributed by atoms with Crippen LogP contribution in [0.4, 0.5) is 18.9 Å². The van der Waals surface area contributed by atoms with Gasteiger partial charge in [-0.25, -0.2) is 0 Å². The average molecular weight is 573 g/mol. The summed E-state index contributed by atoms with van der Waals surface area (Å²) in [6, 6.07) is 20.2. The Labute approximate surface area is 236 Å². The van der Waals surface area contributed by atoms with E-state index < -0.39 is 29.1 Å². The largest absolute Gasteiger partial charge is 0.497 e. The lowest BCUT2D eigenvalue weighted by Gasteiger charge is -2.29. The third-order valence-electron chi connectivity index (χ3n) is 6.67. The molecule has 212 valence electrons. The number of esters is 1. The Bertz CT molecular complexity index is 1330. The summed E-state index contributed by atoms with van der Waals surface area (Å²) in [5.74, 6) is -0.214. The van der Waals surface area contributed by atoms with Gasteiger partial charge in [-0.2, -0.15) is 13.2 Å². The van der Waals surface area contributed by atoms with Gasteiger partial charge in [-0.15, -0.1) is 11.8 Å². The standard InChI is InChI=1S/C30H31F3N2O4S/c1-20(36)39-27-28(22-11-13-24(38-3)14-12-22)40-26-10-5-4-9-25(26)35(29(27)37)18-17-34(2)16-15-21-7-6-8-23(19-21)30(31,32)33/h4-14,19,27-28H,15-18H2,1-3H3/t27-,28+/m1/s1. The molecule has 0 bridgehead atoms. The number of nitrogens with zero attached hydrogens (tertiary/aromatic N) is 2. The molecule has 1 aliphatic heterocycles. The number of fused-ring (bicyclic) bond motifs is 1. The Kier molecular flexibility index (Phi) is 9.42. The lowest BCUT2D eigenvalue weighted by molar-refractivity contribution is -0.152. The molecule has 0 saturated heterocycles. The number of anilines is 1. The molecule has 6 nitrogen and oxygen atoms in total. The molecule has 1 heterocycles. The Morgan fingerprint density at radius 3 is 2.42 bits per heavy atom. The van der Waals surface area contributed by atoms with E-state index in [0.29, 0.717) is 37.4 Å². The van der Waals surface area contributed by atoms with Crippen LogP contribution >= 0.6 is 11.8 Å². The second kappa shape index (κ2) is 12.8. The molecular formula is C30H31F3N2O4S. The van der Waals surface area contributed by atoms with E-state index in [1.165, 1.54) is 30.8 Å². The van der Waals surface area contributed by atoms with Gasteiger partial charge in [-0.05, 0) is 54.9 Å². The average Bonchev–Trinajstić information content (AvgIpc) is 3.04. The smallest absolute Gasteiger partial charge is 0.416 e. The van der Waals surface area contributed by atoms with Crippen LogP contribution in [0.2, 0.25) is 0 Å². The monoisotopic (exact) mass is 572 g/mol. The SMILES string of the molecule is COc1ccc([C@@H]2Sc3ccccc3N(CCN(C)CCc3cccc(C(F)(F)F)c3)C(=O)[C@@H]2OC(C)=O)cc1. The molecule has 0 aliphatic carbocycles. The number of thioether (sulfide) groups is 1. The predicted molar refractivity (Wildman–Crippen MR) is 149 cm³/mol. The van der Waals surface area contributed by atoms with Crippen LogP contribution in [0.25, 0.3) is 0 Å². The molecule has 40 heavy (non-hydrogen) atoms. The highest BCUT2D eigenvalue weighted by atomic mass is 32.2. The molecule has 0 aromatic heterocycles. The topological polar surface area (TPSA) is 59.1 Å². The molecule has 1 aliphatic rings. The summed E-state index contributed by atoms with van der Waals surface area (Å²) >= 11 is 1.46. The number of para-hydroxylation sites is 1. The van der Waals surface area contributed by atoms with Crippen LogP contribution in [0.1, 0.15) is 28.9 Å². The van der Waals surface area contributed by atoms with Crippen molar-refractivity contribution in [2.75, 3.05) is 38.7 Å². The Balaban J connectivity index is 1.53. The Hall–Kier alpha value is -3.50. The quantitative estimate of drug-likeness (QED) is 0.293. The zero-order valence-corrected chi connectivity index (χ0v) is 23.3. The minimum atomic E-state index is -4.39. The van der Waals surface area contributed by atoms with Crippen LogP contribution in [0.5, 0.6) is 5.75 Å². The zero-order valence-electron chi connectivity index (χ0n) is 22.5. The summed E-state index contributed by atoms with van der Waals surface area (Å²) in [7, 11) is 3.44. The van der Waals surface area contributed by atoms with Crippen LogP contribution in [0.15, 0.2) is 77.7 Å². The van der Waals surface area contributed by atoms with Gasteiger partial charge in [-0.3, -0.25) is 9.59 Å². The molecule has 2 atom stereocenters. The van der Waals surface area contributed by atoms with E-state index in [2.05, 4.69) is 0 Å². The van der Waals surface area contributed by atoms with Crippen LogP contribution in [-0.4, -0.2) is 56.7 Å². The van der Waals surface area contributed by atoms with Gasteiger partial charge in [0.1, 0.15) is 5.75 Å². The number of hydrogen-bond acceptors (Lipinski definition) is 6. The number of methoxy groups -OCH3 is 1. The van der Waals surface area contributed by atoms with Gasteiger partial charge in [0.2, 0.25) is 0 Å². The number of hydrogen-bond donors (Lipinski definition) is 0. The minimum Gasteiger partial charge on any atom is -0.497 e. The first-order chi connectivity index (χ1) is 19.1. The number of alkyl halides is 3. The first kappa shape index (κ1) is 29.5. The molecule has 0 spiro atoms. The minimum absolute atomic E-state index is 0.308. The number of carbonyl (C=O) groups is 2. The van der Waals surface area contributed by atoms with Crippen molar-refractivity contribution in [2.24, 2.45) is 0 Å². The van der Waals surface area contributed by atoms with E-state index in [1.807, 2.05) is 48.3 Å². The molecule has 0 unspecified atom stereocenters. The Morgan fingerprint density at radius 1 is 1.02 bits per heavy atom. The van der Waals surface area contributed by atoms with E-state index in [4.69, 9.17) is 9.47 Å². The highest BCUT2D eigenvalue weighted by Crippen LogP contribution is 2.46. The summed E-state index contributed by atoms with van der Waals surface area (Å²) in [6.07, 6.45) is -5.02. The molecular weight excluding hydrogens is 541 g/mol. The summed E-state index contributed by atoms with van der Waals surface area (Å²) in [6.45, 7) is 2.56. The van der Waals surface area contributed by atoms with Crippen LogP contribution in [0, 0.1) is 0 Å². The molecule has 0 radical (unpaired) electrons. The number of halogens is 3. The highest BCUT2D eigenvalue weighted by molar-refractivity contribution is 7.99. The van der Waals surface area contributed by atoms with Crippen molar-refractivity contribution in [3.63, 3.8) is 0 Å². The maximum atomic E-state index is 14.0. The maximum Gasteiger partial charge on any atom is 0.416 e. The summed E-state index contributed by atoms with van der Waals surface area (Å²) in [5.41, 5.74) is 1.46. The summed E-state index contributed by atoms with van der Waals surface area (Å²) in [4.78, 5) is 30.5. The highest BCUT2D eigenvalue weighted by Gasteiger charge is 2.40. The van der Waals surface area contributed by atoms with E-state index in [1.54, 1.807) is 30.2 Å². The van der Waals surface area contributed by atoms with Crippen molar-refractivity contribution in [3.8, 4) is 5.75 Å². The van der Waals surface area contributed by atoms with Crippen molar-refractivity contribution in [2.45, 2.75) is 35.8 Å². The molecule has 1 amide bonds. The van der Waals surface area contributed by atoms with Gasteiger partial charge in [0.25, 0.3) is 5.91 Å². The molecule has 4 rings (SSSR count). The van der Waals surface area contributed by atoms with Crippen molar-refractivity contribution in [3.05, 3.63) is 89.5 Å². The van der Waals surface area contributed by atoms with E-state index in [9.17, 15) is 22.8 Å². The predicted octanol–water partition coefficient (Wildman–Crippen LogP) is 6.00. The van der Waals surface area contributed by atoms with Crippen LogP contribution in [-0.2, 0) is 26.9 Å². The number of benzene rings is 3. The number of amides is 1. The molecule has 0 saturated carbocycles. The van der Waals surface area contributed by atoms with Crippen molar-refractivity contribution >= 4 is 29.3 Å². The summed E-state index contributed by atoms with van der Waals surface area (Å²) in [5, 5.41) is -0.480. The van der Waals surface area contributed by atoms with Gasteiger partial charge in [0.15, 0.2) is 6.10 Å². The number of rotatable bonds is 9. The maximum absolute atomic E-state index is 14.0. The van der Waals surface area contributed by atoms with E-state index >= 15 is 0 Å². The first-order valence-corrected chi connectivity index (χ1v) is 13.7. The third-order valence-corrected chi connectivity index (χ3v) is 8.05. The second-order valence-corrected chi connectivity index (χ2v) is 10.7. The van der Waals surface area contributed by atoms with Crippen LogP contribution < -0.4 is 9.64 Å². The fourth-order valence-corrected chi connectivity index (χ4v) is 5.86. The first-order valence-electron chi connectivity index (χ1n) is 12.8.